The molecule has 0 aliphatic heterocycles. The summed E-state index contributed by atoms with van der Waals surface area (Å²) >= 11 is 0. The first-order valence-electron chi connectivity index (χ1n) is 9.25. The molecule has 0 aliphatic rings. The van der Waals surface area contributed by atoms with Gasteiger partial charge in [-0.15, -0.1) is 0 Å². The van der Waals surface area contributed by atoms with Crippen molar-refractivity contribution in [2.75, 3.05) is 10.0 Å². The predicted molar refractivity (Wildman–Crippen MR) is 117 cm³/mol. The molecule has 6 heteroatoms. The highest BCUT2D eigenvalue weighted by molar-refractivity contribution is 7.92. The molecule has 1 amide bonds. The molecular weight excluding hydrogens is 384 g/mol. The van der Waals surface area contributed by atoms with E-state index in [9.17, 15) is 13.2 Å². The number of aryl methyl sites for hydroxylation is 4. The van der Waals surface area contributed by atoms with Crippen LogP contribution in [0.2, 0.25) is 0 Å². The van der Waals surface area contributed by atoms with Crippen molar-refractivity contribution in [3.05, 3.63) is 88.5 Å². The molecule has 0 spiro atoms. The Labute approximate surface area is 171 Å². The first kappa shape index (κ1) is 20.6. The summed E-state index contributed by atoms with van der Waals surface area (Å²) in [6.45, 7) is 7.35. The van der Waals surface area contributed by atoms with Gasteiger partial charge in [0.15, 0.2) is 0 Å². The molecular formula is C23H24N2O3S. The van der Waals surface area contributed by atoms with E-state index in [1.54, 1.807) is 31.2 Å². The van der Waals surface area contributed by atoms with Gasteiger partial charge in [0.05, 0.1) is 10.6 Å². The number of para-hydroxylation sites is 1. The number of rotatable bonds is 5. The summed E-state index contributed by atoms with van der Waals surface area (Å²) < 4.78 is 28.7. The lowest BCUT2D eigenvalue weighted by Gasteiger charge is -2.14. The van der Waals surface area contributed by atoms with Gasteiger partial charge in [-0.3, -0.25) is 9.52 Å². The number of amides is 1. The van der Waals surface area contributed by atoms with E-state index in [1.165, 1.54) is 6.07 Å². The van der Waals surface area contributed by atoms with Crippen LogP contribution in [0, 0.1) is 27.7 Å². The highest BCUT2D eigenvalue weighted by atomic mass is 32.2. The molecule has 3 aromatic rings. The van der Waals surface area contributed by atoms with Crippen LogP contribution >= 0.6 is 0 Å². The minimum Gasteiger partial charge on any atom is -0.322 e. The van der Waals surface area contributed by atoms with Gasteiger partial charge in [-0.2, -0.15) is 0 Å². The Bertz CT molecular complexity index is 1180. The minimum absolute atomic E-state index is 0.0795. The van der Waals surface area contributed by atoms with Gasteiger partial charge in [0.25, 0.3) is 15.9 Å². The van der Waals surface area contributed by atoms with Crippen molar-refractivity contribution in [3.63, 3.8) is 0 Å². The van der Waals surface area contributed by atoms with Crippen LogP contribution in [0.4, 0.5) is 11.4 Å². The molecule has 0 unspecified atom stereocenters. The summed E-state index contributed by atoms with van der Waals surface area (Å²) in [5, 5.41) is 2.84. The Morgan fingerprint density at radius 1 is 0.759 bits per heavy atom. The van der Waals surface area contributed by atoms with Crippen molar-refractivity contribution in [1.82, 2.24) is 0 Å². The number of benzene rings is 3. The van der Waals surface area contributed by atoms with Crippen molar-refractivity contribution in [3.8, 4) is 0 Å². The molecule has 0 aromatic heterocycles. The van der Waals surface area contributed by atoms with E-state index in [2.05, 4.69) is 10.0 Å². The Balaban J connectivity index is 1.93. The van der Waals surface area contributed by atoms with E-state index in [1.807, 2.05) is 51.1 Å². The van der Waals surface area contributed by atoms with Crippen molar-refractivity contribution in [2.24, 2.45) is 0 Å². The summed E-state index contributed by atoms with van der Waals surface area (Å²) in [6.07, 6.45) is 0. The molecule has 5 nitrogen and oxygen atoms in total. The maximum absolute atomic E-state index is 13.0. The largest absolute Gasteiger partial charge is 0.322 e. The second-order valence-corrected chi connectivity index (χ2v) is 8.82. The fourth-order valence-corrected chi connectivity index (χ4v) is 4.38. The molecule has 0 radical (unpaired) electrons. The smallest absolute Gasteiger partial charge is 0.262 e. The number of sulfonamides is 1. The highest BCUT2D eigenvalue weighted by Gasteiger charge is 2.20. The third kappa shape index (κ3) is 4.66. The third-order valence-corrected chi connectivity index (χ3v) is 6.28. The van der Waals surface area contributed by atoms with Gasteiger partial charge in [-0.1, -0.05) is 36.4 Å². The summed E-state index contributed by atoms with van der Waals surface area (Å²) in [6, 6.07) is 17.7. The minimum atomic E-state index is -3.85. The van der Waals surface area contributed by atoms with E-state index in [0.717, 1.165) is 16.7 Å². The van der Waals surface area contributed by atoms with Crippen LogP contribution in [-0.2, 0) is 10.0 Å². The van der Waals surface area contributed by atoms with E-state index >= 15 is 0 Å². The van der Waals surface area contributed by atoms with E-state index in [4.69, 9.17) is 0 Å². The Morgan fingerprint density at radius 2 is 1.41 bits per heavy atom. The van der Waals surface area contributed by atoms with Crippen LogP contribution in [0.1, 0.15) is 32.6 Å². The monoisotopic (exact) mass is 408 g/mol. The lowest BCUT2D eigenvalue weighted by molar-refractivity contribution is 0.102. The van der Waals surface area contributed by atoms with Gasteiger partial charge in [-0.25, -0.2) is 8.42 Å². The molecule has 2 N–H and O–H groups in total. The molecule has 0 saturated carbocycles. The van der Waals surface area contributed by atoms with Gasteiger partial charge in [-0.05, 0) is 74.2 Å². The second kappa shape index (κ2) is 8.09. The molecule has 0 bridgehead atoms. The van der Waals surface area contributed by atoms with Crippen molar-refractivity contribution in [1.29, 1.82) is 0 Å². The molecule has 3 aromatic carbocycles. The number of nitrogens with one attached hydrogen (secondary N) is 2. The molecule has 0 saturated heterocycles. The molecule has 29 heavy (non-hydrogen) atoms. The number of hydrogen-bond donors (Lipinski definition) is 2. The Morgan fingerprint density at radius 3 is 2.14 bits per heavy atom. The van der Waals surface area contributed by atoms with Crippen LogP contribution in [-0.4, -0.2) is 14.3 Å². The predicted octanol–water partition coefficient (Wildman–Crippen LogP) is 4.97. The normalized spacial score (nSPS) is 11.2. The average Bonchev–Trinajstić information content (AvgIpc) is 2.66. The Hall–Kier alpha value is -3.12. The van der Waals surface area contributed by atoms with Gasteiger partial charge in [0.1, 0.15) is 0 Å². The van der Waals surface area contributed by atoms with Gasteiger partial charge >= 0.3 is 0 Å². The van der Waals surface area contributed by atoms with Crippen LogP contribution in [0.5, 0.6) is 0 Å². The number of carbonyl (C=O) groups excluding carboxylic acids is 1. The van der Waals surface area contributed by atoms with Gasteiger partial charge < -0.3 is 5.32 Å². The van der Waals surface area contributed by atoms with E-state index in [-0.39, 0.29) is 16.4 Å². The average molecular weight is 409 g/mol. The van der Waals surface area contributed by atoms with E-state index in [0.29, 0.717) is 16.9 Å². The fraction of sp³-hybridized carbons (Fsp3) is 0.174. The number of carbonyl (C=O) groups is 1. The topological polar surface area (TPSA) is 75.3 Å². The SMILES string of the molecule is Cc1ccc(C)c(NS(=O)(=O)c2cc(C(=O)Nc3ccccc3C)ccc2C)c1. The Kier molecular flexibility index (Phi) is 5.75. The number of hydrogen-bond acceptors (Lipinski definition) is 3. The quantitative estimate of drug-likeness (QED) is 0.626. The summed E-state index contributed by atoms with van der Waals surface area (Å²) in [5.74, 6) is -0.359. The fourth-order valence-electron chi connectivity index (χ4n) is 2.98. The second-order valence-electron chi connectivity index (χ2n) is 7.17. The molecule has 0 heterocycles. The first-order chi connectivity index (χ1) is 13.7. The van der Waals surface area contributed by atoms with Crippen molar-refractivity contribution >= 4 is 27.3 Å². The van der Waals surface area contributed by atoms with Gasteiger partial charge in [0, 0.05) is 11.3 Å². The zero-order valence-electron chi connectivity index (χ0n) is 16.9. The lowest BCUT2D eigenvalue weighted by Crippen LogP contribution is -2.18. The van der Waals surface area contributed by atoms with Gasteiger partial charge in [0.2, 0.25) is 0 Å². The summed E-state index contributed by atoms with van der Waals surface area (Å²) in [7, 11) is -3.85. The van der Waals surface area contributed by atoms with Crippen LogP contribution in [0.3, 0.4) is 0 Å². The highest BCUT2D eigenvalue weighted by Crippen LogP contribution is 2.24. The van der Waals surface area contributed by atoms with Crippen molar-refractivity contribution < 1.29 is 13.2 Å². The third-order valence-electron chi connectivity index (χ3n) is 4.77. The van der Waals surface area contributed by atoms with Crippen LogP contribution in [0.15, 0.2) is 65.6 Å². The zero-order chi connectivity index (χ0) is 21.2. The van der Waals surface area contributed by atoms with E-state index < -0.39 is 10.0 Å². The maximum Gasteiger partial charge on any atom is 0.262 e. The standard InChI is InChI=1S/C23H24N2O3S/c1-15-9-10-17(3)21(13-15)25-29(27,28)22-14-19(12-11-18(22)4)23(26)24-20-8-6-5-7-16(20)2/h5-14,25H,1-4H3,(H,24,26). The molecule has 3 rings (SSSR count). The first-order valence-corrected chi connectivity index (χ1v) is 10.7. The molecule has 0 atom stereocenters. The van der Waals surface area contributed by atoms with Crippen LogP contribution < -0.4 is 10.0 Å². The zero-order valence-corrected chi connectivity index (χ0v) is 17.7. The maximum atomic E-state index is 13.0. The summed E-state index contributed by atoms with van der Waals surface area (Å²) in [5.41, 5.74) is 4.77. The molecule has 0 aliphatic carbocycles. The van der Waals surface area contributed by atoms with Crippen LogP contribution in [0.25, 0.3) is 0 Å². The summed E-state index contributed by atoms with van der Waals surface area (Å²) in [4.78, 5) is 12.8. The van der Waals surface area contributed by atoms with Crippen molar-refractivity contribution in [2.45, 2.75) is 32.6 Å². The lowest BCUT2D eigenvalue weighted by atomic mass is 10.1. The molecule has 0 fully saturated rings. The number of anilines is 2. The molecule has 150 valence electrons.